The molecule has 0 amide bonds. The van der Waals surface area contributed by atoms with E-state index in [1.807, 2.05) is 0 Å². The zero-order valence-corrected chi connectivity index (χ0v) is 7.47. The van der Waals surface area contributed by atoms with Crippen LogP contribution in [0.4, 0.5) is 10.1 Å². The first kappa shape index (κ1) is 10.8. The summed E-state index contributed by atoms with van der Waals surface area (Å²) in [6.45, 7) is 0. The van der Waals surface area contributed by atoms with Gasteiger partial charge in [0.05, 0.1) is 4.47 Å². The highest BCUT2D eigenvalue weighted by Gasteiger charge is 1.95. The first-order chi connectivity index (χ1) is 5.61. The summed E-state index contributed by atoms with van der Waals surface area (Å²) in [4.78, 5) is 16.2. The molecule has 2 N–H and O–H groups in total. The number of carbonyl (C=O) groups excluding carboxylic acids is 2. The van der Waals surface area contributed by atoms with E-state index >= 15 is 0 Å². The molecular formula is C7H5BrFNO2. The predicted molar refractivity (Wildman–Crippen MR) is 43.5 cm³/mol. The zero-order valence-electron chi connectivity index (χ0n) is 5.88. The Morgan fingerprint density at radius 1 is 1.42 bits per heavy atom. The molecule has 1 aromatic rings. The van der Waals surface area contributed by atoms with E-state index in [1.54, 1.807) is 12.1 Å². The minimum Gasteiger partial charge on any atom is -0.399 e. The van der Waals surface area contributed by atoms with Crippen molar-refractivity contribution in [2.75, 3.05) is 5.73 Å². The van der Waals surface area contributed by atoms with Crippen LogP contribution in [-0.4, -0.2) is 6.15 Å². The van der Waals surface area contributed by atoms with Crippen molar-refractivity contribution in [1.82, 2.24) is 0 Å². The Labute approximate surface area is 76.5 Å². The number of nitrogens with two attached hydrogens (primary N) is 1. The Morgan fingerprint density at radius 2 is 1.92 bits per heavy atom. The second kappa shape index (κ2) is 5.46. The average Bonchev–Trinajstić information content (AvgIpc) is 1.99. The Morgan fingerprint density at radius 3 is 2.25 bits per heavy atom. The van der Waals surface area contributed by atoms with Crippen molar-refractivity contribution in [1.29, 1.82) is 0 Å². The van der Waals surface area contributed by atoms with Crippen molar-refractivity contribution in [3.8, 4) is 0 Å². The molecular weight excluding hydrogens is 229 g/mol. The quantitative estimate of drug-likeness (QED) is 0.693. The minimum absolute atomic E-state index is 0.250. The van der Waals surface area contributed by atoms with Crippen LogP contribution in [0.25, 0.3) is 0 Å². The predicted octanol–water partition coefficient (Wildman–Crippen LogP) is 1.59. The molecule has 0 aromatic heterocycles. The summed E-state index contributed by atoms with van der Waals surface area (Å²) in [6, 6.07) is 4.47. The molecule has 3 nitrogen and oxygen atoms in total. The van der Waals surface area contributed by atoms with Crippen LogP contribution in [0.2, 0.25) is 0 Å². The highest BCUT2D eigenvalue weighted by atomic mass is 79.9. The molecule has 0 aliphatic carbocycles. The van der Waals surface area contributed by atoms with Gasteiger partial charge in [-0.15, -0.1) is 0 Å². The summed E-state index contributed by atoms with van der Waals surface area (Å²) in [5, 5.41) is 0. The van der Waals surface area contributed by atoms with Crippen molar-refractivity contribution in [2.45, 2.75) is 0 Å². The van der Waals surface area contributed by atoms with Gasteiger partial charge in [0.15, 0.2) is 0 Å². The van der Waals surface area contributed by atoms with Gasteiger partial charge in [0.2, 0.25) is 0 Å². The summed E-state index contributed by atoms with van der Waals surface area (Å²) < 4.78 is 12.9. The smallest absolute Gasteiger partial charge is 0.373 e. The molecule has 0 bridgehead atoms. The van der Waals surface area contributed by atoms with Gasteiger partial charge in [-0.25, -0.2) is 4.39 Å². The number of hydrogen-bond acceptors (Lipinski definition) is 3. The number of benzene rings is 1. The molecule has 0 aliphatic rings. The monoisotopic (exact) mass is 233 g/mol. The second-order valence-electron chi connectivity index (χ2n) is 1.76. The van der Waals surface area contributed by atoms with E-state index in [0.717, 1.165) is 0 Å². The molecule has 0 saturated carbocycles. The van der Waals surface area contributed by atoms with E-state index in [9.17, 15) is 4.39 Å². The van der Waals surface area contributed by atoms with Crippen molar-refractivity contribution in [3.05, 3.63) is 28.5 Å². The van der Waals surface area contributed by atoms with Gasteiger partial charge in [-0.1, -0.05) is 0 Å². The molecule has 0 aliphatic heterocycles. The van der Waals surface area contributed by atoms with Crippen LogP contribution in [0.3, 0.4) is 0 Å². The molecule has 1 aromatic carbocycles. The summed E-state index contributed by atoms with van der Waals surface area (Å²) in [5.74, 6) is -0.324. The first-order valence-corrected chi connectivity index (χ1v) is 3.61. The molecule has 0 atom stereocenters. The fourth-order valence-corrected chi connectivity index (χ4v) is 0.759. The number of halogens is 2. The van der Waals surface area contributed by atoms with Gasteiger partial charge in [-0.2, -0.15) is 9.59 Å². The highest BCUT2D eigenvalue weighted by Crippen LogP contribution is 2.16. The lowest BCUT2D eigenvalue weighted by molar-refractivity contribution is -0.191. The van der Waals surface area contributed by atoms with Gasteiger partial charge in [-0.05, 0) is 34.1 Å². The normalized spacial score (nSPS) is 7.83. The molecule has 12 heavy (non-hydrogen) atoms. The fourth-order valence-electron chi connectivity index (χ4n) is 0.512. The lowest BCUT2D eigenvalue weighted by atomic mass is 10.3. The van der Waals surface area contributed by atoms with Crippen LogP contribution in [0.15, 0.2) is 22.7 Å². The van der Waals surface area contributed by atoms with Gasteiger partial charge in [-0.3, -0.25) is 0 Å². The van der Waals surface area contributed by atoms with E-state index in [0.29, 0.717) is 10.2 Å². The van der Waals surface area contributed by atoms with E-state index in [4.69, 9.17) is 15.3 Å². The third kappa shape index (κ3) is 3.85. The van der Waals surface area contributed by atoms with E-state index in [-0.39, 0.29) is 12.0 Å². The number of rotatable bonds is 0. The molecule has 64 valence electrons. The van der Waals surface area contributed by atoms with Gasteiger partial charge in [0.1, 0.15) is 5.82 Å². The summed E-state index contributed by atoms with van der Waals surface area (Å²) in [6.07, 6.45) is 0.250. The topological polar surface area (TPSA) is 60.2 Å². The lowest BCUT2D eigenvalue weighted by Gasteiger charge is -1.93. The number of hydrogen-bond donors (Lipinski definition) is 1. The molecule has 0 spiro atoms. The third-order valence-electron chi connectivity index (χ3n) is 0.944. The van der Waals surface area contributed by atoms with Gasteiger partial charge in [0, 0.05) is 5.69 Å². The third-order valence-corrected chi connectivity index (χ3v) is 1.59. The van der Waals surface area contributed by atoms with Crippen molar-refractivity contribution < 1.29 is 14.0 Å². The first-order valence-electron chi connectivity index (χ1n) is 2.81. The number of nitrogen functional groups attached to an aromatic ring is 1. The highest BCUT2D eigenvalue weighted by molar-refractivity contribution is 9.10. The molecule has 0 heterocycles. The summed E-state index contributed by atoms with van der Waals surface area (Å²) in [5.41, 5.74) is 5.71. The van der Waals surface area contributed by atoms with E-state index in [1.165, 1.54) is 6.07 Å². The molecule has 0 unspecified atom stereocenters. The van der Waals surface area contributed by atoms with Crippen LogP contribution >= 0.6 is 15.9 Å². The molecule has 0 fully saturated rings. The number of anilines is 1. The standard InChI is InChI=1S/C6H5BrFN.CO2/c7-5-2-1-4(9)3-6(5)8;2-1-3/h1-3H,9H2;. The van der Waals surface area contributed by atoms with Crippen LogP contribution in [0.5, 0.6) is 0 Å². The summed E-state index contributed by atoms with van der Waals surface area (Å²) in [7, 11) is 0. The Balaban J connectivity index is 0.000000354. The van der Waals surface area contributed by atoms with Crippen LogP contribution in [0, 0.1) is 5.82 Å². The van der Waals surface area contributed by atoms with Crippen molar-refractivity contribution >= 4 is 27.8 Å². The van der Waals surface area contributed by atoms with E-state index < -0.39 is 0 Å². The molecule has 5 heteroatoms. The maximum atomic E-state index is 12.5. The minimum atomic E-state index is -0.324. The largest absolute Gasteiger partial charge is 0.399 e. The Kier molecular flexibility index (Phi) is 4.92. The summed E-state index contributed by atoms with van der Waals surface area (Å²) >= 11 is 3.00. The van der Waals surface area contributed by atoms with Crippen LogP contribution < -0.4 is 5.73 Å². The maximum absolute atomic E-state index is 12.5. The van der Waals surface area contributed by atoms with E-state index in [2.05, 4.69) is 15.9 Å². The zero-order chi connectivity index (χ0) is 9.56. The van der Waals surface area contributed by atoms with Gasteiger partial charge in [0.25, 0.3) is 0 Å². The SMILES string of the molecule is Nc1ccc(Br)c(F)c1.O=C=O. The van der Waals surface area contributed by atoms with Crippen molar-refractivity contribution in [3.63, 3.8) is 0 Å². The Bertz CT molecular complexity index is 297. The maximum Gasteiger partial charge on any atom is 0.373 e. The van der Waals surface area contributed by atoms with Crippen LogP contribution in [0.1, 0.15) is 0 Å². The molecule has 1 rings (SSSR count). The molecule has 0 radical (unpaired) electrons. The van der Waals surface area contributed by atoms with Gasteiger partial charge >= 0.3 is 6.15 Å². The Hall–Kier alpha value is -1.19. The second-order valence-corrected chi connectivity index (χ2v) is 2.61. The van der Waals surface area contributed by atoms with Crippen molar-refractivity contribution in [2.24, 2.45) is 0 Å². The average molecular weight is 234 g/mol. The lowest BCUT2D eigenvalue weighted by Crippen LogP contribution is -1.85. The molecule has 0 saturated heterocycles. The fraction of sp³-hybridized carbons (Fsp3) is 0. The van der Waals surface area contributed by atoms with Gasteiger partial charge < -0.3 is 5.73 Å². The van der Waals surface area contributed by atoms with Crippen LogP contribution in [-0.2, 0) is 9.59 Å².